The van der Waals surface area contributed by atoms with Crippen molar-refractivity contribution in [1.82, 2.24) is 9.80 Å². The summed E-state index contributed by atoms with van der Waals surface area (Å²) in [4.78, 5) is 23.1. The zero-order valence-corrected chi connectivity index (χ0v) is 23.3. The van der Waals surface area contributed by atoms with Gasteiger partial charge in [-0.1, -0.05) is 47.5 Å². The van der Waals surface area contributed by atoms with Gasteiger partial charge in [-0.2, -0.15) is 0 Å². The molecule has 0 radical (unpaired) electrons. The van der Waals surface area contributed by atoms with Crippen molar-refractivity contribution < 1.29 is 4.79 Å². The number of aryl methyl sites for hydroxylation is 2. The monoisotopic (exact) mass is 508 g/mol. The zero-order chi connectivity index (χ0) is 26.6. The highest BCUT2D eigenvalue weighted by atomic mass is 16.1. The maximum absolute atomic E-state index is 13.6. The lowest BCUT2D eigenvalue weighted by Gasteiger charge is -2.35. The number of allylic oxidation sites excluding steroid dienone is 1. The Morgan fingerprint density at radius 1 is 0.658 bits per heavy atom. The van der Waals surface area contributed by atoms with Crippen LogP contribution < -0.4 is 9.80 Å². The van der Waals surface area contributed by atoms with E-state index in [1.54, 1.807) is 6.08 Å². The van der Waals surface area contributed by atoms with Gasteiger partial charge in [0.05, 0.1) is 0 Å². The van der Waals surface area contributed by atoms with E-state index >= 15 is 0 Å². The first-order valence-corrected chi connectivity index (χ1v) is 13.8. The summed E-state index contributed by atoms with van der Waals surface area (Å²) in [6.07, 6.45) is 3.80. The predicted molar refractivity (Wildman–Crippen MR) is 161 cm³/mol. The summed E-state index contributed by atoms with van der Waals surface area (Å²) in [6.45, 7) is 12.3. The van der Waals surface area contributed by atoms with Crippen molar-refractivity contribution in [3.8, 4) is 11.1 Å². The van der Waals surface area contributed by atoms with Crippen LogP contribution in [0.1, 0.15) is 27.0 Å². The van der Waals surface area contributed by atoms with Gasteiger partial charge in [-0.15, -0.1) is 0 Å². The van der Waals surface area contributed by atoms with Crippen LogP contribution in [-0.4, -0.2) is 82.0 Å². The summed E-state index contributed by atoms with van der Waals surface area (Å²) in [5, 5.41) is 0. The second-order valence-electron chi connectivity index (χ2n) is 10.9. The van der Waals surface area contributed by atoms with Crippen LogP contribution in [0.5, 0.6) is 0 Å². The number of para-hydroxylation sites is 1. The minimum Gasteiger partial charge on any atom is -0.368 e. The van der Waals surface area contributed by atoms with Crippen LogP contribution in [0.2, 0.25) is 0 Å². The first-order valence-electron chi connectivity index (χ1n) is 13.8. The molecule has 5 rings (SSSR count). The maximum Gasteiger partial charge on any atom is 0.187 e. The number of piperazine rings is 2. The van der Waals surface area contributed by atoms with Crippen molar-refractivity contribution in [1.29, 1.82) is 0 Å². The Balaban J connectivity index is 1.47. The van der Waals surface area contributed by atoms with Crippen molar-refractivity contribution >= 4 is 23.2 Å². The lowest BCUT2D eigenvalue weighted by Crippen LogP contribution is -2.45. The van der Waals surface area contributed by atoms with Gasteiger partial charge in [0.2, 0.25) is 0 Å². The molecule has 5 nitrogen and oxygen atoms in total. The average Bonchev–Trinajstić information content (AvgIpc) is 2.92. The Morgan fingerprint density at radius 2 is 1.24 bits per heavy atom. The average molecular weight is 509 g/mol. The number of carbonyl (C=O) groups excluding carboxylic acids is 1. The standard InChI is InChI=1S/C33H40N4O/c1-25-21-26(2)23-29(22-25)27-9-11-31(36-17-13-34(3)14-18-36)28(24-27)10-12-33(38)30-7-5-6-8-32(30)37-19-15-35(4)16-20-37/h5-12,21-24H,13-20H2,1-4H3. The summed E-state index contributed by atoms with van der Waals surface area (Å²) < 4.78 is 0. The van der Waals surface area contributed by atoms with E-state index in [9.17, 15) is 4.79 Å². The maximum atomic E-state index is 13.6. The molecule has 5 heteroatoms. The molecule has 0 unspecified atom stereocenters. The van der Waals surface area contributed by atoms with E-state index in [0.29, 0.717) is 0 Å². The highest BCUT2D eigenvalue weighted by Crippen LogP contribution is 2.31. The fourth-order valence-electron chi connectivity index (χ4n) is 5.60. The van der Waals surface area contributed by atoms with Crippen LogP contribution in [0.4, 0.5) is 11.4 Å². The largest absolute Gasteiger partial charge is 0.368 e. The molecule has 0 atom stereocenters. The van der Waals surface area contributed by atoms with E-state index in [0.717, 1.165) is 69.2 Å². The molecule has 2 aliphatic rings. The van der Waals surface area contributed by atoms with Gasteiger partial charge >= 0.3 is 0 Å². The number of rotatable bonds is 6. The van der Waals surface area contributed by atoms with Crippen molar-refractivity contribution in [3.05, 3.63) is 89.0 Å². The van der Waals surface area contributed by atoms with Gasteiger partial charge in [-0.05, 0) is 81.1 Å². The number of ketones is 1. The van der Waals surface area contributed by atoms with E-state index in [1.807, 2.05) is 24.3 Å². The van der Waals surface area contributed by atoms with Gasteiger partial charge in [0, 0.05) is 69.3 Å². The Hall–Kier alpha value is -3.41. The van der Waals surface area contributed by atoms with Gasteiger partial charge in [0.1, 0.15) is 0 Å². The second kappa shape index (κ2) is 11.5. The molecule has 0 spiro atoms. The molecule has 0 aliphatic carbocycles. The van der Waals surface area contributed by atoms with Crippen LogP contribution in [0.25, 0.3) is 17.2 Å². The third-order valence-corrected chi connectivity index (χ3v) is 7.85. The molecule has 3 aromatic rings. The van der Waals surface area contributed by atoms with Crippen LogP contribution in [0.3, 0.4) is 0 Å². The first kappa shape index (κ1) is 26.2. The third-order valence-electron chi connectivity index (χ3n) is 7.85. The molecule has 0 bridgehead atoms. The molecule has 0 amide bonds. The van der Waals surface area contributed by atoms with E-state index < -0.39 is 0 Å². The van der Waals surface area contributed by atoms with Crippen LogP contribution in [0.15, 0.2) is 66.7 Å². The fourth-order valence-corrected chi connectivity index (χ4v) is 5.60. The SMILES string of the molecule is Cc1cc(C)cc(-c2ccc(N3CCN(C)CC3)c(C=CC(=O)c3ccccc3N3CCN(C)CC3)c2)c1. The van der Waals surface area contributed by atoms with Crippen molar-refractivity contribution in [2.24, 2.45) is 0 Å². The van der Waals surface area contributed by atoms with Gasteiger partial charge < -0.3 is 19.6 Å². The highest BCUT2D eigenvalue weighted by molar-refractivity contribution is 6.10. The van der Waals surface area contributed by atoms with E-state index in [1.165, 1.54) is 27.9 Å². The van der Waals surface area contributed by atoms with Crippen molar-refractivity contribution in [2.75, 3.05) is 76.3 Å². The zero-order valence-electron chi connectivity index (χ0n) is 23.3. The van der Waals surface area contributed by atoms with E-state index in [-0.39, 0.29) is 5.78 Å². The van der Waals surface area contributed by atoms with Crippen molar-refractivity contribution in [2.45, 2.75) is 13.8 Å². The molecule has 0 saturated carbocycles. The number of anilines is 2. The van der Waals surface area contributed by atoms with Crippen LogP contribution >= 0.6 is 0 Å². The highest BCUT2D eigenvalue weighted by Gasteiger charge is 2.20. The summed E-state index contributed by atoms with van der Waals surface area (Å²) in [6, 6.07) is 21.5. The number of hydrogen-bond acceptors (Lipinski definition) is 5. The third kappa shape index (κ3) is 6.01. The summed E-state index contributed by atoms with van der Waals surface area (Å²) in [5.41, 5.74) is 9.03. The summed E-state index contributed by atoms with van der Waals surface area (Å²) in [7, 11) is 4.33. The number of hydrogen-bond donors (Lipinski definition) is 0. The minimum absolute atomic E-state index is 0.0562. The van der Waals surface area contributed by atoms with Crippen LogP contribution in [-0.2, 0) is 0 Å². The fraction of sp³-hybridized carbons (Fsp3) is 0.364. The minimum atomic E-state index is 0.0562. The van der Waals surface area contributed by atoms with Gasteiger partial charge in [-0.25, -0.2) is 0 Å². The molecule has 2 heterocycles. The van der Waals surface area contributed by atoms with Gasteiger partial charge in [0.15, 0.2) is 5.78 Å². The summed E-state index contributed by atoms with van der Waals surface area (Å²) in [5.74, 6) is 0.0562. The summed E-state index contributed by atoms with van der Waals surface area (Å²) >= 11 is 0. The smallest absolute Gasteiger partial charge is 0.187 e. The number of benzene rings is 3. The molecule has 0 aromatic heterocycles. The van der Waals surface area contributed by atoms with Crippen LogP contribution in [0, 0.1) is 13.8 Å². The Morgan fingerprint density at radius 3 is 1.87 bits per heavy atom. The molecule has 2 saturated heterocycles. The quantitative estimate of drug-likeness (QED) is 0.330. The molecule has 2 fully saturated rings. The molecule has 38 heavy (non-hydrogen) atoms. The molecule has 198 valence electrons. The molecule has 0 N–H and O–H groups in total. The van der Waals surface area contributed by atoms with Gasteiger partial charge in [-0.3, -0.25) is 4.79 Å². The second-order valence-corrected chi connectivity index (χ2v) is 10.9. The normalized spacial score (nSPS) is 17.4. The Bertz CT molecular complexity index is 1290. The molecule has 3 aromatic carbocycles. The van der Waals surface area contributed by atoms with E-state index in [2.05, 4.69) is 90.0 Å². The van der Waals surface area contributed by atoms with Gasteiger partial charge in [0.25, 0.3) is 0 Å². The number of carbonyl (C=O) groups is 1. The topological polar surface area (TPSA) is 30.0 Å². The van der Waals surface area contributed by atoms with Crippen molar-refractivity contribution in [3.63, 3.8) is 0 Å². The predicted octanol–water partition coefficient (Wildman–Crippen LogP) is 5.37. The first-order chi connectivity index (χ1) is 18.4. The molecular formula is C33H40N4O. The Labute approximate surface area is 228 Å². The number of likely N-dealkylation sites (N-methyl/N-ethyl adjacent to an activating group) is 2. The Kier molecular flexibility index (Phi) is 7.96. The molecule has 2 aliphatic heterocycles. The number of nitrogens with zero attached hydrogens (tertiary/aromatic N) is 4. The molecular weight excluding hydrogens is 468 g/mol. The lowest BCUT2D eigenvalue weighted by molar-refractivity contribution is 0.104. The van der Waals surface area contributed by atoms with E-state index in [4.69, 9.17) is 0 Å². The lowest BCUT2D eigenvalue weighted by atomic mass is 9.97.